The molecule has 94 valence electrons. The standard InChI is InChI=1S/C13H14BrN3O/c1-13(2,9-5-10(14)7-15-6-9)12-17-16-11(18-12)8-3-4-8/h5-8H,3-4H2,1-2H3. The Morgan fingerprint density at radius 2 is 2.06 bits per heavy atom. The van der Waals surface area contributed by atoms with E-state index in [9.17, 15) is 0 Å². The van der Waals surface area contributed by atoms with E-state index < -0.39 is 0 Å². The second kappa shape index (κ2) is 4.16. The minimum atomic E-state index is -0.322. The third kappa shape index (κ3) is 2.07. The summed E-state index contributed by atoms with van der Waals surface area (Å²) in [6.45, 7) is 4.14. The highest BCUT2D eigenvalue weighted by Crippen LogP contribution is 2.40. The maximum absolute atomic E-state index is 5.80. The number of aromatic nitrogens is 3. The SMILES string of the molecule is CC(C)(c1cncc(Br)c1)c1nnc(C2CC2)o1. The summed E-state index contributed by atoms with van der Waals surface area (Å²) in [6.07, 6.45) is 5.94. The molecule has 2 aromatic heterocycles. The van der Waals surface area contributed by atoms with Crippen molar-refractivity contribution in [2.24, 2.45) is 0 Å². The predicted octanol–water partition coefficient (Wildman–Crippen LogP) is 3.43. The first-order valence-electron chi connectivity index (χ1n) is 6.02. The molecule has 0 saturated heterocycles. The van der Waals surface area contributed by atoms with Gasteiger partial charge in [0.05, 0.1) is 5.41 Å². The van der Waals surface area contributed by atoms with Gasteiger partial charge in [0.2, 0.25) is 11.8 Å². The van der Waals surface area contributed by atoms with Gasteiger partial charge in [0.1, 0.15) is 0 Å². The number of hydrogen-bond acceptors (Lipinski definition) is 4. The van der Waals surface area contributed by atoms with E-state index in [1.807, 2.05) is 12.3 Å². The molecule has 0 bridgehead atoms. The molecule has 0 radical (unpaired) electrons. The van der Waals surface area contributed by atoms with Crippen molar-refractivity contribution in [2.45, 2.75) is 38.0 Å². The molecular formula is C13H14BrN3O. The van der Waals surface area contributed by atoms with Crippen LogP contribution in [0.2, 0.25) is 0 Å². The first kappa shape index (κ1) is 11.8. The van der Waals surface area contributed by atoms with E-state index in [1.54, 1.807) is 6.20 Å². The Balaban J connectivity index is 1.96. The normalized spacial score (nSPS) is 15.9. The van der Waals surface area contributed by atoms with Crippen molar-refractivity contribution in [3.8, 4) is 0 Å². The lowest BCUT2D eigenvalue weighted by Crippen LogP contribution is -2.19. The molecule has 0 N–H and O–H groups in total. The van der Waals surface area contributed by atoms with Crippen molar-refractivity contribution in [2.75, 3.05) is 0 Å². The topological polar surface area (TPSA) is 51.8 Å². The van der Waals surface area contributed by atoms with Crippen molar-refractivity contribution >= 4 is 15.9 Å². The van der Waals surface area contributed by atoms with E-state index in [2.05, 4.69) is 45.0 Å². The predicted molar refractivity (Wildman–Crippen MR) is 70.3 cm³/mol. The van der Waals surface area contributed by atoms with Crippen LogP contribution in [0.4, 0.5) is 0 Å². The molecular weight excluding hydrogens is 294 g/mol. The first-order valence-corrected chi connectivity index (χ1v) is 6.81. The molecule has 2 aromatic rings. The highest BCUT2D eigenvalue weighted by atomic mass is 79.9. The summed E-state index contributed by atoms with van der Waals surface area (Å²) in [4.78, 5) is 4.19. The quantitative estimate of drug-likeness (QED) is 0.871. The summed E-state index contributed by atoms with van der Waals surface area (Å²) >= 11 is 3.44. The molecule has 1 fully saturated rings. The molecule has 0 atom stereocenters. The van der Waals surface area contributed by atoms with Gasteiger partial charge in [0, 0.05) is 22.8 Å². The van der Waals surface area contributed by atoms with Gasteiger partial charge in [-0.25, -0.2) is 0 Å². The van der Waals surface area contributed by atoms with Crippen LogP contribution in [0.3, 0.4) is 0 Å². The lowest BCUT2D eigenvalue weighted by atomic mass is 9.86. The van der Waals surface area contributed by atoms with Crippen LogP contribution < -0.4 is 0 Å². The van der Waals surface area contributed by atoms with Gasteiger partial charge in [-0.1, -0.05) is 0 Å². The Labute approximate surface area is 114 Å². The van der Waals surface area contributed by atoms with Crippen LogP contribution in [0.1, 0.15) is 50.0 Å². The Morgan fingerprint density at radius 3 is 2.72 bits per heavy atom. The van der Waals surface area contributed by atoms with Crippen molar-refractivity contribution < 1.29 is 4.42 Å². The van der Waals surface area contributed by atoms with Gasteiger partial charge in [-0.15, -0.1) is 10.2 Å². The second-order valence-corrected chi connectivity index (χ2v) is 6.15. The number of pyridine rings is 1. The van der Waals surface area contributed by atoms with Gasteiger partial charge in [0.15, 0.2) is 0 Å². The monoisotopic (exact) mass is 307 g/mol. The van der Waals surface area contributed by atoms with E-state index in [-0.39, 0.29) is 5.41 Å². The van der Waals surface area contributed by atoms with Gasteiger partial charge in [-0.05, 0) is 54.2 Å². The van der Waals surface area contributed by atoms with Crippen LogP contribution in [-0.4, -0.2) is 15.2 Å². The smallest absolute Gasteiger partial charge is 0.226 e. The van der Waals surface area contributed by atoms with Gasteiger partial charge in [-0.3, -0.25) is 4.98 Å². The zero-order valence-electron chi connectivity index (χ0n) is 10.4. The molecule has 2 heterocycles. The van der Waals surface area contributed by atoms with Crippen LogP contribution in [0.25, 0.3) is 0 Å². The highest BCUT2D eigenvalue weighted by molar-refractivity contribution is 9.10. The number of nitrogens with zero attached hydrogens (tertiary/aromatic N) is 3. The van der Waals surface area contributed by atoms with Gasteiger partial charge >= 0.3 is 0 Å². The summed E-state index contributed by atoms with van der Waals surface area (Å²) in [7, 11) is 0. The molecule has 0 unspecified atom stereocenters. The molecule has 1 aliphatic rings. The van der Waals surface area contributed by atoms with Crippen LogP contribution in [-0.2, 0) is 5.41 Å². The van der Waals surface area contributed by atoms with E-state index in [4.69, 9.17) is 4.42 Å². The van der Waals surface area contributed by atoms with Crippen LogP contribution in [0.15, 0.2) is 27.3 Å². The molecule has 3 rings (SSSR count). The summed E-state index contributed by atoms with van der Waals surface area (Å²) in [5.74, 6) is 1.92. The van der Waals surface area contributed by atoms with Gasteiger partial charge < -0.3 is 4.42 Å². The number of rotatable bonds is 3. The fourth-order valence-corrected chi connectivity index (χ4v) is 2.22. The number of halogens is 1. The zero-order valence-corrected chi connectivity index (χ0v) is 11.9. The molecule has 0 spiro atoms. The molecule has 1 saturated carbocycles. The van der Waals surface area contributed by atoms with E-state index in [0.29, 0.717) is 11.8 Å². The molecule has 1 aliphatic carbocycles. The minimum Gasteiger partial charge on any atom is -0.424 e. The van der Waals surface area contributed by atoms with Crippen LogP contribution in [0.5, 0.6) is 0 Å². The molecule has 0 amide bonds. The maximum atomic E-state index is 5.80. The fraction of sp³-hybridized carbons (Fsp3) is 0.462. The highest BCUT2D eigenvalue weighted by Gasteiger charge is 2.34. The van der Waals surface area contributed by atoms with E-state index >= 15 is 0 Å². The summed E-state index contributed by atoms with van der Waals surface area (Å²) in [5, 5.41) is 8.34. The molecule has 18 heavy (non-hydrogen) atoms. The van der Waals surface area contributed by atoms with E-state index in [0.717, 1.165) is 15.9 Å². The Bertz CT molecular complexity index is 575. The van der Waals surface area contributed by atoms with Crippen molar-refractivity contribution in [1.82, 2.24) is 15.2 Å². The van der Waals surface area contributed by atoms with E-state index in [1.165, 1.54) is 12.8 Å². The summed E-state index contributed by atoms with van der Waals surface area (Å²) < 4.78 is 6.76. The van der Waals surface area contributed by atoms with Crippen molar-refractivity contribution in [3.05, 3.63) is 40.3 Å². The van der Waals surface area contributed by atoms with Crippen molar-refractivity contribution in [3.63, 3.8) is 0 Å². The summed E-state index contributed by atoms with van der Waals surface area (Å²) in [6, 6.07) is 2.04. The fourth-order valence-electron chi connectivity index (χ4n) is 1.86. The third-order valence-corrected chi connectivity index (χ3v) is 3.76. The Morgan fingerprint density at radius 1 is 1.28 bits per heavy atom. The van der Waals surface area contributed by atoms with Gasteiger partial charge in [-0.2, -0.15) is 0 Å². The summed E-state index contributed by atoms with van der Waals surface area (Å²) in [5.41, 5.74) is 0.736. The van der Waals surface area contributed by atoms with Crippen LogP contribution >= 0.6 is 15.9 Å². The lowest BCUT2D eigenvalue weighted by molar-refractivity contribution is 0.387. The third-order valence-electron chi connectivity index (χ3n) is 3.33. The largest absolute Gasteiger partial charge is 0.424 e. The second-order valence-electron chi connectivity index (χ2n) is 5.24. The lowest BCUT2D eigenvalue weighted by Gasteiger charge is -2.20. The van der Waals surface area contributed by atoms with Crippen molar-refractivity contribution in [1.29, 1.82) is 0 Å². The first-order chi connectivity index (χ1) is 8.57. The maximum Gasteiger partial charge on any atom is 0.226 e. The average Bonchev–Trinajstić information content (AvgIpc) is 3.06. The Hall–Kier alpha value is -1.23. The molecule has 5 heteroatoms. The molecule has 0 aliphatic heterocycles. The Kier molecular flexibility index (Phi) is 2.73. The van der Waals surface area contributed by atoms with Crippen LogP contribution in [0, 0.1) is 0 Å². The number of hydrogen-bond donors (Lipinski definition) is 0. The molecule has 0 aromatic carbocycles. The molecule has 4 nitrogen and oxygen atoms in total. The average molecular weight is 308 g/mol. The van der Waals surface area contributed by atoms with Gasteiger partial charge in [0.25, 0.3) is 0 Å². The minimum absolute atomic E-state index is 0.322. The zero-order chi connectivity index (χ0) is 12.8.